The van der Waals surface area contributed by atoms with Crippen LogP contribution < -0.4 is 0 Å². The molecule has 0 heterocycles. The van der Waals surface area contributed by atoms with Crippen molar-refractivity contribution in [2.24, 2.45) is 5.92 Å². The van der Waals surface area contributed by atoms with Crippen LogP contribution in [0.3, 0.4) is 0 Å². The lowest BCUT2D eigenvalue weighted by molar-refractivity contribution is -0.117. The third kappa shape index (κ3) is 3.95. The van der Waals surface area contributed by atoms with Crippen LogP contribution in [-0.4, -0.2) is 11.6 Å². The van der Waals surface area contributed by atoms with Crippen molar-refractivity contribution in [2.75, 3.05) is 0 Å². The van der Waals surface area contributed by atoms with Crippen molar-refractivity contribution in [1.29, 1.82) is 0 Å². The number of hydrogen-bond donors (Lipinski definition) is 0. The Morgan fingerprint density at radius 1 is 1.41 bits per heavy atom. The molecular formula is C15H22O2. The lowest BCUT2D eigenvalue weighted by Crippen LogP contribution is -2.10. The van der Waals surface area contributed by atoms with Gasteiger partial charge in [-0.3, -0.25) is 4.79 Å². The Morgan fingerprint density at radius 2 is 2.06 bits per heavy atom. The zero-order chi connectivity index (χ0) is 13.0. The highest BCUT2D eigenvalue weighted by atomic mass is 16.1. The number of ketones is 2. The molecule has 0 saturated heterocycles. The molecule has 0 spiro atoms. The maximum absolute atomic E-state index is 12.1. The molecule has 0 aromatic carbocycles. The van der Waals surface area contributed by atoms with Crippen molar-refractivity contribution in [2.45, 2.75) is 52.9 Å². The molecule has 1 atom stereocenters. The predicted molar refractivity (Wildman–Crippen MR) is 69.8 cm³/mol. The van der Waals surface area contributed by atoms with Gasteiger partial charge in [0.2, 0.25) is 0 Å². The monoisotopic (exact) mass is 234 g/mol. The summed E-state index contributed by atoms with van der Waals surface area (Å²) in [4.78, 5) is 23.2. The van der Waals surface area contributed by atoms with Crippen molar-refractivity contribution in [3.63, 3.8) is 0 Å². The molecule has 0 radical (unpaired) electrons. The van der Waals surface area contributed by atoms with Crippen molar-refractivity contribution in [3.8, 4) is 0 Å². The normalized spacial score (nSPS) is 21.4. The second-order valence-electron chi connectivity index (χ2n) is 5.17. The van der Waals surface area contributed by atoms with Crippen LogP contribution in [0, 0.1) is 5.92 Å². The first-order valence-electron chi connectivity index (χ1n) is 6.28. The van der Waals surface area contributed by atoms with Gasteiger partial charge in [-0.15, -0.1) is 0 Å². The number of hydrogen-bond acceptors (Lipinski definition) is 2. The fourth-order valence-corrected chi connectivity index (χ4v) is 2.30. The largest absolute Gasteiger partial charge is 0.300 e. The number of carbonyl (C=O) groups excluding carboxylic acids is 2. The van der Waals surface area contributed by atoms with Crippen LogP contribution in [0.25, 0.3) is 0 Å². The minimum Gasteiger partial charge on any atom is -0.300 e. The number of Topliss-reactive ketones (excluding diaryl/α,β-unsaturated/α-hetero) is 2. The average Bonchev–Trinajstić information content (AvgIpc) is 2.36. The van der Waals surface area contributed by atoms with Crippen molar-refractivity contribution < 1.29 is 9.59 Å². The van der Waals surface area contributed by atoms with Gasteiger partial charge in [0.05, 0.1) is 0 Å². The van der Waals surface area contributed by atoms with Crippen LogP contribution in [0.1, 0.15) is 52.9 Å². The van der Waals surface area contributed by atoms with Gasteiger partial charge < -0.3 is 4.79 Å². The molecule has 0 fully saturated rings. The Bertz CT molecular complexity index is 374. The Morgan fingerprint density at radius 3 is 2.59 bits per heavy atom. The van der Waals surface area contributed by atoms with Crippen molar-refractivity contribution >= 4 is 11.6 Å². The van der Waals surface area contributed by atoms with Crippen LogP contribution in [0.15, 0.2) is 23.3 Å². The Balaban J connectivity index is 2.77. The van der Waals surface area contributed by atoms with Gasteiger partial charge in [-0.25, -0.2) is 0 Å². The highest BCUT2D eigenvalue weighted by Crippen LogP contribution is 2.30. The topological polar surface area (TPSA) is 34.1 Å². The molecule has 1 aliphatic rings. The van der Waals surface area contributed by atoms with E-state index in [1.165, 1.54) is 5.57 Å². The zero-order valence-corrected chi connectivity index (χ0v) is 11.1. The third-order valence-electron chi connectivity index (χ3n) is 3.58. The highest BCUT2D eigenvalue weighted by molar-refractivity contribution is 5.97. The molecule has 0 bridgehead atoms. The van der Waals surface area contributed by atoms with Crippen LogP contribution in [-0.2, 0) is 9.59 Å². The van der Waals surface area contributed by atoms with Gasteiger partial charge in [-0.05, 0) is 51.5 Å². The molecule has 1 aliphatic carbocycles. The van der Waals surface area contributed by atoms with E-state index in [1.807, 2.05) is 13.8 Å². The lowest BCUT2D eigenvalue weighted by Gasteiger charge is -2.12. The molecule has 0 saturated carbocycles. The van der Waals surface area contributed by atoms with E-state index in [2.05, 4.69) is 6.58 Å². The van der Waals surface area contributed by atoms with Gasteiger partial charge in [0.25, 0.3) is 0 Å². The van der Waals surface area contributed by atoms with E-state index in [0.717, 1.165) is 24.0 Å². The molecule has 0 aromatic rings. The van der Waals surface area contributed by atoms with E-state index in [0.29, 0.717) is 25.2 Å². The van der Waals surface area contributed by atoms with Gasteiger partial charge in [0, 0.05) is 12.8 Å². The van der Waals surface area contributed by atoms with E-state index in [9.17, 15) is 9.59 Å². The summed E-state index contributed by atoms with van der Waals surface area (Å²) in [5.41, 5.74) is 3.16. The molecule has 94 valence electrons. The van der Waals surface area contributed by atoms with Gasteiger partial charge in [0.15, 0.2) is 5.78 Å². The van der Waals surface area contributed by atoms with Crippen molar-refractivity contribution in [3.05, 3.63) is 23.3 Å². The van der Waals surface area contributed by atoms with Crippen molar-refractivity contribution in [1.82, 2.24) is 0 Å². The lowest BCUT2D eigenvalue weighted by atomic mass is 9.92. The number of rotatable bonds is 4. The van der Waals surface area contributed by atoms with E-state index in [-0.39, 0.29) is 11.6 Å². The molecule has 0 unspecified atom stereocenters. The summed E-state index contributed by atoms with van der Waals surface area (Å²) in [6.07, 6.45) is 3.63. The second kappa shape index (κ2) is 5.95. The van der Waals surface area contributed by atoms with E-state index in [1.54, 1.807) is 6.92 Å². The van der Waals surface area contributed by atoms with Crippen LogP contribution in [0.2, 0.25) is 0 Å². The van der Waals surface area contributed by atoms with Gasteiger partial charge in [-0.2, -0.15) is 0 Å². The fourth-order valence-electron chi connectivity index (χ4n) is 2.30. The maximum Gasteiger partial charge on any atom is 0.159 e. The minimum absolute atomic E-state index is 0.152. The molecule has 0 amide bonds. The Kier molecular flexibility index (Phi) is 4.86. The summed E-state index contributed by atoms with van der Waals surface area (Å²) in [7, 11) is 0. The molecule has 17 heavy (non-hydrogen) atoms. The summed E-state index contributed by atoms with van der Waals surface area (Å²) in [5, 5.41) is 0. The van der Waals surface area contributed by atoms with Crippen LogP contribution in [0.4, 0.5) is 0 Å². The SMILES string of the molecule is C=C(C)[C@H]1CCC(C)=C(CCC(C)=O)C(=O)C1. The molecule has 0 N–H and O–H groups in total. The van der Waals surface area contributed by atoms with Gasteiger partial charge >= 0.3 is 0 Å². The van der Waals surface area contributed by atoms with Crippen LogP contribution in [0.5, 0.6) is 0 Å². The van der Waals surface area contributed by atoms with E-state index >= 15 is 0 Å². The molecule has 0 aliphatic heterocycles. The molecule has 0 aromatic heterocycles. The second-order valence-corrected chi connectivity index (χ2v) is 5.17. The summed E-state index contributed by atoms with van der Waals surface area (Å²) < 4.78 is 0. The molecular weight excluding hydrogens is 212 g/mol. The first kappa shape index (κ1) is 13.9. The Labute approximate surface area is 104 Å². The zero-order valence-electron chi connectivity index (χ0n) is 11.1. The maximum atomic E-state index is 12.1. The van der Waals surface area contributed by atoms with Gasteiger partial charge in [-0.1, -0.05) is 17.7 Å². The quantitative estimate of drug-likeness (QED) is 0.696. The molecule has 2 nitrogen and oxygen atoms in total. The standard InChI is InChI=1S/C15H22O2/c1-10(2)13-7-5-11(3)14(15(17)9-13)8-6-12(4)16/h13H,1,5-9H2,2-4H3/t13-/m0/s1. The first-order valence-corrected chi connectivity index (χ1v) is 6.28. The first-order chi connectivity index (χ1) is 7.91. The third-order valence-corrected chi connectivity index (χ3v) is 3.58. The van der Waals surface area contributed by atoms with Crippen LogP contribution >= 0.6 is 0 Å². The van der Waals surface area contributed by atoms with Gasteiger partial charge in [0.1, 0.15) is 5.78 Å². The summed E-state index contributed by atoms with van der Waals surface area (Å²) in [5.74, 6) is 0.681. The molecule has 1 rings (SSSR count). The summed E-state index contributed by atoms with van der Waals surface area (Å²) >= 11 is 0. The smallest absolute Gasteiger partial charge is 0.159 e. The highest BCUT2D eigenvalue weighted by Gasteiger charge is 2.23. The Hall–Kier alpha value is -1.18. The number of carbonyl (C=O) groups is 2. The summed E-state index contributed by atoms with van der Waals surface area (Å²) in [6.45, 7) is 9.55. The average molecular weight is 234 g/mol. The predicted octanol–water partition coefficient (Wildman–Crippen LogP) is 3.62. The number of allylic oxidation sites excluding steroid dienone is 3. The summed E-state index contributed by atoms with van der Waals surface area (Å²) in [6, 6.07) is 0. The minimum atomic E-state index is 0.152. The van der Waals surface area contributed by atoms with E-state index < -0.39 is 0 Å². The van der Waals surface area contributed by atoms with E-state index in [4.69, 9.17) is 0 Å². The molecule has 2 heteroatoms. The fraction of sp³-hybridized carbons (Fsp3) is 0.600.